The zero-order valence-corrected chi connectivity index (χ0v) is 9.65. The van der Waals surface area contributed by atoms with E-state index in [2.05, 4.69) is 20.7 Å². The first-order valence-electron chi connectivity index (χ1n) is 4.02. The zero-order valence-electron chi connectivity index (χ0n) is 8.06. The molecule has 1 rings (SSSR count). The number of esters is 1. The lowest BCUT2D eigenvalue weighted by atomic mass is 10.1. The number of rotatable bonds is 1. The number of benzene rings is 1. The number of methoxy groups -OCH3 is 1. The molecular weight excluding hydrogens is 291 g/mol. The number of carbonyl (C=O) groups excluding carboxylic acids is 1. The summed E-state index contributed by atoms with van der Waals surface area (Å²) in [6, 6.07) is 2.27. The Balaban J connectivity index is 3.45. The van der Waals surface area contributed by atoms with Crippen molar-refractivity contribution in [2.24, 2.45) is 0 Å². The number of hydrogen-bond donors (Lipinski definition) is 1. The first-order valence-corrected chi connectivity index (χ1v) is 4.81. The largest absolute Gasteiger partial charge is 0.465 e. The third kappa shape index (κ3) is 2.29. The van der Waals surface area contributed by atoms with Gasteiger partial charge in [-0.1, -0.05) is 15.9 Å². The minimum atomic E-state index is -4.63. The lowest BCUT2D eigenvalue weighted by molar-refractivity contribution is -0.137. The molecular formula is C9H7BrF3NO2. The van der Waals surface area contributed by atoms with Crippen LogP contribution in [-0.4, -0.2) is 13.1 Å². The Morgan fingerprint density at radius 1 is 1.44 bits per heavy atom. The van der Waals surface area contributed by atoms with Crippen molar-refractivity contribution in [1.29, 1.82) is 0 Å². The highest BCUT2D eigenvalue weighted by atomic mass is 79.9. The summed E-state index contributed by atoms with van der Waals surface area (Å²) in [7, 11) is 1.07. The molecule has 0 aliphatic heterocycles. The molecule has 0 amide bonds. The fourth-order valence-electron chi connectivity index (χ4n) is 1.17. The number of alkyl halides is 3. The Hall–Kier alpha value is -1.24. The van der Waals surface area contributed by atoms with E-state index in [0.717, 1.165) is 13.2 Å². The van der Waals surface area contributed by atoms with Crippen LogP contribution in [0.2, 0.25) is 0 Å². The van der Waals surface area contributed by atoms with Gasteiger partial charge in [-0.05, 0) is 12.1 Å². The smallest absolute Gasteiger partial charge is 0.419 e. The molecule has 0 heterocycles. The monoisotopic (exact) mass is 297 g/mol. The van der Waals surface area contributed by atoms with E-state index in [9.17, 15) is 18.0 Å². The fraction of sp³-hybridized carbons (Fsp3) is 0.222. The first kappa shape index (κ1) is 12.8. The average Bonchev–Trinajstić information content (AvgIpc) is 2.14. The molecule has 16 heavy (non-hydrogen) atoms. The van der Waals surface area contributed by atoms with Gasteiger partial charge in [0.15, 0.2) is 0 Å². The predicted molar refractivity (Wildman–Crippen MR) is 54.9 cm³/mol. The molecule has 0 fully saturated rings. The second kappa shape index (κ2) is 4.32. The van der Waals surface area contributed by atoms with Crippen molar-refractivity contribution in [1.82, 2.24) is 0 Å². The highest BCUT2D eigenvalue weighted by molar-refractivity contribution is 9.10. The molecule has 0 aliphatic carbocycles. The van der Waals surface area contributed by atoms with Gasteiger partial charge in [0.05, 0.1) is 23.9 Å². The maximum atomic E-state index is 12.6. The van der Waals surface area contributed by atoms with E-state index >= 15 is 0 Å². The summed E-state index contributed by atoms with van der Waals surface area (Å²) in [4.78, 5) is 11.1. The molecule has 1 aromatic rings. The Morgan fingerprint density at radius 3 is 2.44 bits per heavy atom. The normalized spacial score (nSPS) is 11.3. The quantitative estimate of drug-likeness (QED) is 0.640. The highest BCUT2D eigenvalue weighted by Crippen LogP contribution is 2.40. The van der Waals surface area contributed by atoms with Crippen LogP contribution in [0.4, 0.5) is 18.9 Å². The van der Waals surface area contributed by atoms with E-state index in [1.165, 1.54) is 6.07 Å². The highest BCUT2D eigenvalue weighted by Gasteiger charge is 2.37. The second-order valence-corrected chi connectivity index (χ2v) is 3.73. The van der Waals surface area contributed by atoms with Crippen molar-refractivity contribution in [3.63, 3.8) is 0 Å². The van der Waals surface area contributed by atoms with E-state index in [4.69, 9.17) is 5.73 Å². The van der Waals surface area contributed by atoms with Crippen LogP contribution in [0.3, 0.4) is 0 Å². The van der Waals surface area contributed by atoms with E-state index in [-0.39, 0.29) is 10.0 Å². The maximum absolute atomic E-state index is 12.6. The Kier molecular flexibility index (Phi) is 3.47. The molecule has 0 unspecified atom stereocenters. The lowest BCUT2D eigenvalue weighted by Gasteiger charge is -2.14. The third-order valence-corrected chi connectivity index (χ3v) is 2.54. The van der Waals surface area contributed by atoms with Gasteiger partial charge in [0, 0.05) is 4.47 Å². The summed E-state index contributed by atoms with van der Waals surface area (Å²) in [5.74, 6) is -0.907. The summed E-state index contributed by atoms with van der Waals surface area (Å²) >= 11 is 2.74. The van der Waals surface area contributed by atoms with Crippen molar-refractivity contribution < 1.29 is 22.7 Å². The molecule has 0 saturated heterocycles. The van der Waals surface area contributed by atoms with Crippen LogP contribution in [0, 0.1) is 0 Å². The number of carbonyl (C=O) groups is 1. The third-order valence-electron chi connectivity index (χ3n) is 1.88. The standard InChI is InChI=1S/C9H7BrF3NO2/c1-16-8(15)4-2-3-5(10)6(7(4)14)9(11,12)13/h2-3H,14H2,1H3. The predicted octanol–water partition coefficient (Wildman–Crippen LogP) is 2.84. The van der Waals surface area contributed by atoms with Gasteiger partial charge in [-0.15, -0.1) is 0 Å². The summed E-state index contributed by atoms with van der Waals surface area (Å²) in [6.45, 7) is 0. The van der Waals surface area contributed by atoms with Gasteiger partial charge in [0.2, 0.25) is 0 Å². The van der Waals surface area contributed by atoms with Crippen LogP contribution in [0.25, 0.3) is 0 Å². The molecule has 3 nitrogen and oxygen atoms in total. The van der Waals surface area contributed by atoms with Crippen molar-refractivity contribution in [3.05, 3.63) is 27.7 Å². The molecule has 0 radical (unpaired) electrons. The van der Waals surface area contributed by atoms with Gasteiger partial charge in [-0.25, -0.2) is 4.79 Å². The minimum Gasteiger partial charge on any atom is -0.465 e. The Bertz CT molecular complexity index is 431. The van der Waals surface area contributed by atoms with Crippen LogP contribution in [0.1, 0.15) is 15.9 Å². The molecule has 0 aliphatic rings. The van der Waals surface area contributed by atoms with Gasteiger partial charge >= 0.3 is 12.1 Å². The van der Waals surface area contributed by atoms with E-state index in [1.807, 2.05) is 0 Å². The summed E-state index contributed by atoms with van der Waals surface area (Å²) < 4.78 is 41.9. The van der Waals surface area contributed by atoms with Crippen molar-refractivity contribution in [2.45, 2.75) is 6.18 Å². The number of nitrogen functional groups attached to an aromatic ring is 1. The molecule has 0 atom stereocenters. The van der Waals surface area contributed by atoms with E-state index < -0.39 is 23.4 Å². The number of anilines is 1. The number of ether oxygens (including phenoxy) is 1. The molecule has 0 bridgehead atoms. The molecule has 0 saturated carbocycles. The van der Waals surface area contributed by atoms with Crippen LogP contribution in [0.5, 0.6) is 0 Å². The second-order valence-electron chi connectivity index (χ2n) is 2.87. The molecule has 0 spiro atoms. The molecule has 88 valence electrons. The number of hydrogen-bond acceptors (Lipinski definition) is 3. The maximum Gasteiger partial charge on any atom is 0.419 e. The first-order chi connectivity index (χ1) is 7.29. The minimum absolute atomic E-state index is 0.217. The van der Waals surface area contributed by atoms with Gasteiger partial charge in [0.1, 0.15) is 0 Å². The van der Waals surface area contributed by atoms with Crippen LogP contribution >= 0.6 is 15.9 Å². The van der Waals surface area contributed by atoms with Gasteiger partial charge in [-0.3, -0.25) is 0 Å². The van der Waals surface area contributed by atoms with E-state index in [0.29, 0.717) is 0 Å². The van der Waals surface area contributed by atoms with Crippen LogP contribution in [0.15, 0.2) is 16.6 Å². The Labute approximate surface area is 97.5 Å². The topological polar surface area (TPSA) is 52.3 Å². The zero-order chi connectivity index (χ0) is 12.5. The van der Waals surface area contributed by atoms with E-state index in [1.54, 1.807) is 0 Å². The van der Waals surface area contributed by atoms with Gasteiger partial charge in [-0.2, -0.15) is 13.2 Å². The molecule has 1 aromatic carbocycles. The molecule has 2 N–H and O–H groups in total. The van der Waals surface area contributed by atoms with Crippen LogP contribution in [-0.2, 0) is 10.9 Å². The SMILES string of the molecule is COC(=O)c1ccc(Br)c(C(F)(F)F)c1N. The summed E-state index contributed by atoms with van der Waals surface area (Å²) in [5, 5.41) is 0. The van der Waals surface area contributed by atoms with Crippen molar-refractivity contribution >= 4 is 27.6 Å². The summed E-state index contributed by atoms with van der Waals surface area (Å²) in [5.41, 5.74) is 3.27. The van der Waals surface area contributed by atoms with Crippen molar-refractivity contribution in [2.75, 3.05) is 12.8 Å². The number of halogens is 4. The molecule has 7 heteroatoms. The van der Waals surface area contributed by atoms with Crippen LogP contribution < -0.4 is 5.73 Å². The van der Waals surface area contributed by atoms with Crippen molar-refractivity contribution in [3.8, 4) is 0 Å². The van der Waals surface area contributed by atoms with Gasteiger partial charge < -0.3 is 10.5 Å². The summed E-state index contributed by atoms with van der Waals surface area (Å²) in [6.07, 6.45) is -4.63. The molecule has 0 aromatic heterocycles. The average molecular weight is 298 g/mol. The fourth-order valence-corrected chi connectivity index (χ4v) is 1.74. The Morgan fingerprint density at radius 2 is 2.00 bits per heavy atom. The lowest BCUT2D eigenvalue weighted by Crippen LogP contribution is -2.14. The van der Waals surface area contributed by atoms with Gasteiger partial charge in [0.25, 0.3) is 0 Å². The number of nitrogens with two attached hydrogens (primary N) is 1.